The second kappa shape index (κ2) is 4.43. The summed E-state index contributed by atoms with van der Waals surface area (Å²) < 4.78 is 0. The smallest absolute Gasteiger partial charge is 0.156 e. The molecule has 0 aliphatic rings. The molecule has 0 spiro atoms. The molecular weight excluding hydrogens is 170 g/mol. The van der Waals surface area contributed by atoms with Crippen LogP contribution in [-0.2, 0) is 0 Å². The van der Waals surface area contributed by atoms with Crippen molar-refractivity contribution in [2.24, 2.45) is 10.9 Å². The Kier molecular flexibility index (Phi) is 4.16. The highest BCUT2D eigenvalue weighted by atomic mass is 16.4. The molecule has 1 atom stereocenters. The monoisotopic (exact) mass is 189 g/mol. The van der Waals surface area contributed by atoms with Crippen molar-refractivity contribution in [2.45, 2.75) is 32.4 Å². The van der Waals surface area contributed by atoms with Gasteiger partial charge >= 0.3 is 0 Å². The van der Waals surface area contributed by atoms with Gasteiger partial charge in [0.1, 0.15) is 0 Å². The normalized spacial score (nSPS) is 16.3. The van der Waals surface area contributed by atoms with Crippen LogP contribution in [0.5, 0.6) is 0 Å². The van der Waals surface area contributed by atoms with Crippen molar-refractivity contribution in [3.8, 4) is 0 Å². The molecule has 0 aromatic heterocycles. The molecule has 0 aliphatic heterocycles. The zero-order chi connectivity index (χ0) is 10.6. The minimum absolute atomic E-state index is 0.0204. The summed E-state index contributed by atoms with van der Waals surface area (Å²) in [5.74, 6) is 0.143. The molecule has 0 fully saturated rings. The number of aliphatic hydroxyl groups is 1. The van der Waals surface area contributed by atoms with Crippen LogP contribution in [-0.4, -0.2) is 46.3 Å². The second-order valence-electron chi connectivity index (χ2n) is 3.78. The molecule has 0 bridgehead atoms. The van der Waals surface area contributed by atoms with Gasteiger partial charge in [0, 0.05) is 5.54 Å². The first-order chi connectivity index (χ1) is 5.86. The largest absolute Gasteiger partial charge is 0.409 e. The topological polar surface area (TPSA) is 82.1 Å². The molecule has 0 radical (unpaired) electrons. The molecule has 0 heterocycles. The molecule has 5 nitrogen and oxygen atoms in total. The number of hydrogen-bond donors (Lipinski definition) is 3. The van der Waals surface area contributed by atoms with Gasteiger partial charge in [-0.15, -0.1) is 0 Å². The Hall–Kier alpha value is -0.810. The van der Waals surface area contributed by atoms with E-state index in [2.05, 4.69) is 5.16 Å². The summed E-state index contributed by atoms with van der Waals surface area (Å²) in [5.41, 5.74) is 5.07. The van der Waals surface area contributed by atoms with E-state index in [1.54, 1.807) is 0 Å². The van der Waals surface area contributed by atoms with Crippen molar-refractivity contribution in [2.75, 3.05) is 13.7 Å². The molecule has 0 amide bonds. The summed E-state index contributed by atoms with van der Waals surface area (Å²) in [6.07, 6.45) is 0. The Labute approximate surface area is 78.8 Å². The average molecular weight is 189 g/mol. The number of nitrogens with zero attached hydrogens (tertiary/aromatic N) is 2. The standard InChI is InChI=1S/C8H19N3O2/c1-6(7(9)10-13)11(4)8(2,3)5-12/h6,12-13H,5H2,1-4H3,(H2,9,10). The first-order valence-electron chi connectivity index (χ1n) is 4.18. The summed E-state index contributed by atoms with van der Waals surface area (Å²) in [6, 6.07) is -0.202. The van der Waals surface area contributed by atoms with Crippen LogP contribution in [0.15, 0.2) is 5.16 Å². The lowest BCUT2D eigenvalue weighted by Crippen LogP contribution is -2.53. The van der Waals surface area contributed by atoms with Crippen molar-refractivity contribution in [1.82, 2.24) is 4.90 Å². The van der Waals surface area contributed by atoms with Crippen molar-refractivity contribution < 1.29 is 10.3 Å². The van der Waals surface area contributed by atoms with Gasteiger partial charge in [0.05, 0.1) is 12.6 Å². The Morgan fingerprint density at radius 1 is 1.62 bits per heavy atom. The van der Waals surface area contributed by atoms with Gasteiger partial charge in [-0.05, 0) is 27.8 Å². The lowest BCUT2D eigenvalue weighted by atomic mass is 10.0. The van der Waals surface area contributed by atoms with E-state index < -0.39 is 0 Å². The highest BCUT2D eigenvalue weighted by Crippen LogP contribution is 2.14. The van der Waals surface area contributed by atoms with Crippen LogP contribution in [0.25, 0.3) is 0 Å². The van der Waals surface area contributed by atoms with Crippen molar-refractivity contribution in [3.63, 3.8) is 0 Å². The third-order valence-electron chi connectivity index (χ3n) is 2.47. The van der Waals surface area contributed by atoms with Crippen molar-refractivity contribution >= 4 is 5.84 Å². The summed E-state index contributed by atoms with van der Waals surface area (Å²) in [7, 11) is 1.82. The average Bonchev–Trinajstić information content (AvgIpc) is 2.14. The number of aliphatic hydroxyl groups excluding tert-OH is 1. The van der Waals surface area contributed by atoms with Gasteiger partial charge in [-0.1, -0.05) is 5.16 Å². The highest BCUT2D eigenvalue weighted by molar-refractivity contribution is 5.84. The van der Waals surface area contributed by atoms with Crippen LogP contribution in [0.2, 0.25) is 0 Å². The molecule has 0 aliphatic carbocycles. The molecule has 0 saturated carbocycles. The zero-order valence-corrected chi connectivity index (χ0v) is 8.65. The molecule has 1 unspecified atom stereocenters. The second-order valence-corrected chi connectivity index (χ2v) is 3.78. The maximum absolute atomic E-state index is 9.08. The van der Waals surface area contributed by atoms with E-state index in [1.165, 1.54) is 0 Å². The fourth-order valence-corrected chi connectivity index (χ4v) is 0.918. The lowest BCUT2D eigenvalue weighted by Gasteiger charge is -2.37. The van der Waals surface area contributed by atoms with Crippen LogP contribution in [0.3, 0.4) is 0 Å². The third-order valence-corrected chi connectivity index (χ3v) is 2.47. The molecule has 4 N–H and O–H groups in total. The van der Waals surface area contributed by atoms with E-state index in [0.29, 0.717) is 0 Å². The van der Waals surface area contributed by atoms with Gasteiger partial charge in [-0.3, -0.25) is 4.90 Å². The SMILES string of the molecule is CC(C(N)=NO)N(C)C(C)(C)CO. The van der Waals surface area contributed by atoms with Gasteiger partial charge in [0.2, 0.25) is 0 Å². The Morgan fingerprint density at radius 3 is 2.38 bits per heavy atom. The van der Waals surface area contributed by atoms with Gasteiger partial charge in [0.15, 0.2) is 5.84 Å². The third kappa shape index (κ3) is 2.86. The quantitative estimate of drug-likeness (QED) is 0.248. The number of hydrogen-bond acceptors (Lipinski definition) is 4. The maximum atomic E-state index is 9.08. The summed E-state index contributed by atoms with van der Waals surface area (Å²) in [4.78, 5) is 1.85. The number of likely N-dealkylation sites (N-methyl/N-ethyl adjacent to an activating group) is 1. The van der Waals surface area contributed by atoms with E-state index in [-0.39, 0.29) is 24.0 Å². The fraction of sp³-hybridized carbons (Fsp3) is 0.875. The molecule has 78 valence electrons. The minimum atomic E-state index is -0.380. The first kappa shape index (κ1) is 12.2. The molecule has 0 rings (SSSR count). The van der Waals surface area contributed by atoms with E-state index in [0.717, 1.165) is 0 Å². The maximum Gasteiger partial charge on any atom is 0.156 e. The predicted molar refractivity (Wildman–Crippen MR) is 51.8 cm³/mol. The van der Waals surface area contributed by atoms with E-state index in [1.807, 2.05) is 32.7 Å². The van der Waals surface area contributed by atoms with E-state index >= 15 is 0 Å². The molecular formula is C8H19N3O2. The molecule has 0 aromatic rings. The van der Waals surface area contributed by atoms with Gasteiger partial charge < -0.3 is 16.0 Å². The molecule has 0 saturated heterocycles. The van der Waals surface area contributed by atoms with E-state index in [9.17, 15) is 0 Å². The lowest BCUT2D eigenvalue weighted by molar-refractivity contribution is 0.0680. The number of rotatable bonds is 4. The van der Waals surface area contributed by atoms with Crippen LogP contribution in [0.4, 0.5) is 0 Å². The minimum Gasteiger partial charge on any atom is -0.409 e. The summed E-state index contributed by atoms with van der Waals surface area (Å²) >= 11 is 0. The van der Waals surface area contributed by atoms with E-state index in [4.69, 9.17) is 16.0 Å². The first-order valence-corrected chi connectivity index (χ1v) is 4.18. The molecule has 0 aromatic carbocycles. The Bertz CT molecular complexity index is 192. The number of nitrogens with two attached hydrogens (primary N) is 1. The Balaban J connectivity index is 4.51. The predicted octanol–water partition coefficient (Wildman–Crippen LogP) is -0.176. The summed E-state index contributed by atoms with van der Waals surface area (Å²) in [5, 5.41) is 20.5. The molecule has 13 heavy (non-hydrogen) atoms. The van der Waals surface area contributed by atoms with Crippen LogP contribution < -0.4 is 5.73 Å². The fourth-order valence-electron chi connectivity index (χ4n) is 0.918. The van der Waals surface area contributed by atoms with Gasteiger partial charge in [-0.25, -0.2) is 0 Å². The summed E-state index contributed by atoms with van der Waals surface area (Å²) in [6.45, 7) is 5.60. The van der Waals surface area contributed by atoms with Gasteiger partial charge in [-0.2, -0.15) is 0 Å². The van der Waals surface area contributed by atoms with Crippen LogP contribution in [0, 0.1) is 0 Å². The Morgan fingerprint density at radius 2 is 2.08 bits per heavy atom. The zero-order valence-electron chi connectivity index (χ0n) is 8.65. The van der Waals surface area contributed by atoms with Gasteiger partial charge in [0.25, 0.3) is 0 Å². The van der Waals surface area contributed by atoms with Crippen LogP contribution in [0.1, 0.15) is 20.8 Å². The molecule has 5 heteroatoms. The van der Waals surface area contributed by atoms with Crippen molar-refractivity contribution in [1.29, 1.82) is 0 Å². The number of oxime groups is 1. The van der Waals surface area contributed by atoms with Crippen molar-refractivity contribution in [3.05, 3.63) is 0 Å². The highest BCUT2D eigenvalue weighted by Gasteiger charge is 2.28. The number of amidine groups is 1. The van der Waals surface area contributed by atoms with Crippen LogP contribution >= 0.6 is 0 Å².